The molecule has 0 atom stereocenters. The van der Waals surface area contributed by atoms with E-state index in [1.165, 1.54) is 11.1 Å². The van der Waals surface area contributed by atoms with Crippen LogP contribution in [0.3, 0.4) is 0 Å². The Bertz CT molecular complexity index is 1030. The smallest absolute Gasteiger partial charge is 0.102 e. The van der Waals surface area contributed by atoms with E-state index in [9.17, 15) is 5.26 Å². The van der Waals surface area contributed by atoms with E-state index in [1.807, 2.05) is 42.1 Å². The van der Waals surface area contributed by atoms with Crippen LogP contribution >= 0.6 is 0 Å². The highest BCUT2D eigenvalue weighted by Gasteiger charge is 2.16. The topological polar surface area (TPSA) is 28.7 Å². The molecule has 0 aliphatic heterocycles. The number of aryl methyl sites for hydroxylation is 1. The number of hydrogen-bond acceptors (Lipinski definition) is 1. The van der Waals surface area contributed by atoms with Crippen LogP contribution < -0.4 is 0 Å². The molecular formula is C20H14N2. The molecule has 0 N–H and O–H groups in total. The monoisotopic (exact) mass is 282 g/mol. The summed E-state index contributed by atoms with van der Waals surface area (Å²) < 4.78 is 2.03. The fraction of sp³-hybridized carbons (Fsp3) is 0.0500. The second kappa shape index (κ2) is 4.75. The first-order chi connectivity index (χ1) is 10.8. The zero-order valence-electron chi connectivity index (χ0n) is 12.2. The van der Waals surface area contributed by atoms with Crippen molar-refractivity contribution in [1.82, 2.24) is 4.57 Å². The molecule has 0 fully saturated rings. The Kier molecular flexibility index (Phi) is 2.74. The average Bonchev–Trinajstić information content (AvgIpc) is 2.95. The van der Waals surface area contributed by atoms with Crippen LogP contribution in [0.15, 0.2) is 66.9 Å². The lowest BCUT2D eigenvalue weighted by Gasteiger charge is -2.12. The Balaban J connectivity index is 2.31. The van der Waals surface area contributed by atoms with Crippen LogP contribution in [0.5, 0.6) is 0 Å². The SMILES string of the molecule is Cn1ccc2c(-c3ccccc3)c3ccccc3c(C#N)c21. The molecule has 4 aromatic rings. The zero-order chi connectivity index (χ0) is 15.1. The molecule has 0 amide bonds. The van der Waals surface area contributed by atoms with Crippen molar-refractivity contribution >= 4 is 21.7 Å². The number of hydrogen-bond donors (Lipinski definition) is 0. The summed E-state index contributed by atoms with van der Waals surface area (Å²) in [6.45, 7) is 0. The van der Waals surface area contributed by atoms with Gasteiger partial charge in [0, 0.05) is 24.0 Å². The van der Waals surface area contributed by atoms with Gasteiger partial charge < -0.3 is 4.57 Å². The van der Waals surface area contributed by atoms with E-state index >= 15 is 0 Å². The van der Waals surface area contributed by atoms with Crippen molar-refractivity contribution in [3.05, 3.63) is 72.4 Å². The first-order valence-electron chi connectivity index (χ1n) is 7.26. The van der Waals surface area contributed by atoms with Crippen LogP contribution in [0.4, 0.5) is 0 Å². The molecule has 2 nitrogen and oxygen atoms in total. The highest BCUT2D eigenvalue weighted by atomic mass is 14.9. The number of rotatable bonds is 1. The van der Waals surface area contributed by atoms with Gasteiger partial charge in [-0.05, 0) is 22.6 Å². The number of aromatic nitrogens is 1. The van der Waals surface area contributed by atoms with E-state index in [0.29, 0.717) is 0 Å². The number of fused-ring (bicyclic) bond motifs is 2. The predicted molar refractivity (Wildman–Crippen MR) is 90.6 cm³/mol. The minimum Gasteiger partial charge on any atom is -0.349 e. The summed E-state index contributed by atoms with van der Waals surface area (Å²) in [6, 6.07) is 23.0. The van der Waals surface area contributed by atoms with Crippen molar-refractivity contribution in [1.29, 1.82) is 5.26 Å². The van der Waals surface area contributed by atoms with Crippen LogP contribution in [0, 0.1) is 11.3 Å². The molecule has 0 saturated carbocycles. The van der Waals surface area contributed by atoms with Crippen molar-refractivity contribution in [2.75, 3.05) is 0 Å². The molecule has 1 heterocycles. The Morgan fingerprint density at radius 2 is 1.50 bits per heavy atom. The molecule has 0 aliphatic carbocycles. The van der Waals surface area contributed by atoms with E-state index in [4.69, 9.17) is 0 Å². The molecular weight excluding hydrogens is 268 g/mol. The molecule has 0 bridgehead atoms. The molecule has 4 rings (SSSR count). The third kappa shape index (κ3) is 1.66. The standard InChI is InChI=1S/C20H14N2/c1-22-12-11-17-19(14-7-3-2-4-8-14)16-10-6-5-9-15(16)18(13-21)20(17)22/h2-12H,1H3. The number of nitrogens with zero attached hydrogens (tertiary/aromatic N) is 2. The average molecular weight is 282 g/mol. The van der Waals surface area contributed by atoms with Gasteiger partial charge in [0.2, 0.25) is 0 Å². The predicted octanol–water partition coefficient (Wildman–Crippen LogP) is 4.87. The Hall–Kier alpha value is -3.05. The molecule has 104 valence electrons. The number of nitriles is 1. The van der Waals surface area contributed by atoms with Gasteiger partial charge in [-0.1, -0.05) is 54.6 Å². The van der Waals surface area contributed by atoms with E-state index in [2.05, 4.69) is 42.5 Å². The van der Waals surface area contributed by atoms with Crippen LogP contribution in [0.1, 0.15) is 5.56 Å². The summed E-state index contributed by atoms with van der Waals surface area (Å²) in [6.07, 6.45) is 2.02. The van der Waals surface area contributed by atoms with Crippen LogP contribution in [-0.2, 0) is 7.05 Å². The van der Waals surface area contributed by atoms with Crippen molar-refractivity contribution in [2.45, 2.75) is 0 Å². The second-order valence-corrected chi connectivity index (χ2v) is 5.46. The lowest BCUT2D eigenvalue weighted by Crippen LogP contribution is -1.93. The van der Waals surface area contributed by atoms with Gasteiger partial charge in [-0.25, -0.2) is 0 Å². The van der Waals surface area contributed by atoms with Crippen LogP contribution in [0.2, 0.25) is 0 Å². The van der Waals surface area contributed by atoms with E-state index in [0.717, 1.165) is 27.2 Å². The van der Waals surface area contributed by atoms with Gasteiger partial charge in [-0.15, -0.1) is 0 Å². The molecule has 0 unspecified atom stereocenters. The molecule has 0 spiro atoms. The number of benzene rings is 3. The highest BCUT2D eigenvalue weighted by molar-refractivity contribution is 6.15. The normalized spacial score (nSPS) is 10.9. The lowest BCUT2D eigenvalue weighted by atomic mass is 9.92. The molecule has 2 heteroatoms. The van der Waals surface area contributed by atoms with Crippen LogP contribution in [0.25, 0.3) is 32.8 Å². The molecule has 3 aromatic carbocycles. The lowest BCUT2D eigenvalue weighted by molar-refractivity contribution is 0.968. The van der Waals surface area contributed by atoms with E-state index in [-0.39, 0.29) is 0 Å². The van der Waals surface area contributed by atoms with E-state index in [1.54, 1.807) is 0 Å². The molecule has 0 aliphatic rings. The van der Waals surface area contributed by atoms with E-state index < -0.39 is 0 Å². The first kappa shape index (κ1) is 12.7. The van der Waals surface area contributed by atoms with Gasteiger partial charge >= 0.3 is 0 Å². The van der Waals surface area contributed by atoms with Crippen molar-refractivity contribution < 1.29 is 0 Å². The first-order valence-corrected chi connectivity index (χ1v) is 7.26. The third-order valence-corrected chi connectivity index (χ3v) is 4.22. The van der Waals surface area contributed by atoms with Gasteiger partial charge in [-0.3, -0.25) is 0 Å². The molecule has 0 radical (unpaired) electrons. The van der Waals surface area contributed by atoms with Gasteiger partial charge in [0.05, 0.1) is 11.1 Å². The largest absolute Gasteiger partial charge is 0.349 e. The van der Waals surface area contributed by atoms with Crippen molar-refractivity contribution in [3.63, 3.8) is 0 Å². The minimum absolute atomic E-state index is 0.748. The summed E-state index contributed by atoms with van der Waals surface area (Å²) in [5, 5.41) is 12.9. The Morgan fingerprint density at radius 1 is 0.818 bits per heavy atom. The third-order valence-electron chi connectivity index (χ3n) is 4.22. The quantitative estimate of drug-likeness (QED) is 0.489. The molecule has 0 saturated heterocycles. The summed E-state index contributed by atoms with van der Waals surface area (Å²) in [4.78, 5) is 0. The summed E-state index contributed by atoms with van der Waals surface area (Å²) in [5.41, 5.74) is 4.13. The summed E-state index contributed by atoms with van der Waals surface area (Å²) in [7, 11) is 1.99. The molecule has 1 aromatic heterocycles. The maximum absolute atomic E-state index is 9.67. The van der Waals surface area contributed by atoms with Gasteiger partial charge in [0.25, 0.3) is 0 Å². The Morgan fingerprint density at radius 3 is 2.23 bits per heavy atom. The Labute approximate surface area is 128 Å². The van der Waals surface area contributed by atoms with Crippen molar-refractivity contribution in [2.24, 2.45) is 7.05 Å². The second-order valence-electron chi connectivity index (χ2n) is 5.46. The van der Waals surface area contributed by atoms with Gasteiger partial charge in [0.1, 0.15) is 6.07 Å². The summed E-state index contributed by atoms with van der Waals surface area (Å²) in [5.74, 6) is 0. The minimum atomic E-state index is 0.748. The zero-order valence-corrected chi connectivity index (χ0v) is 12.2. The maximum atomic E-state index is 9.67. The molecule has 22 heavy (non-hydrogen) atoms. The van der Waals surface area contributed by atoms with Crippen LogP contribution in [-0.4, -0.2) is 4.57 Å². The fourth-order valence-corrected chi connectivity index (χ4v) is 3.26. The van der Waals surface area contributed by atoms with Crippen molar-refractivity contribution in [3.8, 4) is 17.2 Å². The van der Waals surface area contributed by atoms with Gasteiger partial charge in [-0.2, -0.15) is 5.26 Å². The fourth-order valence-electron chi connectivity index (χ4n) is 3.26. The maximum Gasteiger partial charge on any atom is 0.102 e. The summed E-state index contributed by atoms with van der Waals surface area (Å²) >= 11 is 0. The highest BCUT2D eigenvalue weighted by Crippen LogP contribution is 2.39. The van der Waals surface area contributed by atoms with Gasteiger partial charge in [0.15, 0.2) is 0 Å².